The second-order valence-corrected chi connectivity index (χ2v) is 14.6. The van der Waals surface area contributed by atoms with Crippen LogP contribution in [0.5, 0.6) is 0 Å². The first kappa shape index (κ1) is 29.0. The summed E-state index contributed by atoms with van der Waals surface area (Å²) in [5.41, 5.74) is 0.127. The fraction of sp³-hybridized carbons (Fsp3) is 0.500. The molecular weight excluding hydrogens is 556 g/mol. The lowest BCUT2D eigenvalue weighted by Gasteiger charge is -2.31. The van der Waals surface area contributed by atoms with Gasteiger partial charge in [-0.2, -0.15) is 8.61 Å². The molecule has 0 N–H and O–H groups in total. The van der Waals surface area contributed by atoms with Crippen LogP contribution in [0.4, 0.5) is 0 Å². The summed E-state index contributed by atoms with van der Waals surface area (Å²) < 4.78 is 66.6. The number of hydrogen-bond acceptors (Lipinski definition) is 8. The van der Waals surface area contributed by atoms with Crippen molar-refractivity contribution in [1.29, 1.82) is 0 Å². The highest BCUT2D eigenvalue weighted by atomic mass is 32.2. The molecule has 10 nitrogen and oxygen atoms in total. The van der Waals surface area contributed by atoms with Crippen LogP contribution < -0.4 is 0 Å². The van der Waals surface area contributed by atoms with Crippen LogP contribution in [0.15, 0.2) is 46.2 Å². The van der Waals surface area contributed by atoms with Crippen LogP contribution in [0.25, 0.3) is 0 Å². The van der Waals surface area contributed by atoms with Gasteiger partial charge in [-0.25, -0.2) is 16.8 Å². The predicted octanol–water partition coefficient (Wildman–Crippen LogP) is 2.56. The normalized spacial score (nSPS) is 19.9. The van der Waals surface area contributed by atoms with Gasteiger partial charge in [0.1, 0.15) is 0 Å². The zero-order chi connectivity index (χ0) is 28.7. The molecule has 5 rings (SSSR count). The summed E-state index contributed by atoms with van der Waals surface area (Å²) in [7, 11) is -4.47. The van der Waals surface area contributed by atoms with Crippen molar-refractivity contribution in [2.24, 2.45) is 11.8 Å². The number of carbonyl (C=O) groups is 2. The molecule has 2 aliphatic heterocycles. The summed E-state index contributed by atoms with van der Waals surface area (Å²) >= 11 is 0. The molecule has 2 heterocycles. The average molecular weight is 591 g/mol. The number of fused-ring (bicyclic) bond motifs is 2. The van der Waals surface area contributed by atoms with Crippen molar-refractivity contribution >= 4 is 31.6 Å². The first-order chi connectivity index (χ1) is 19.1. The largest absolute Gasteiger partial charge is 0.384 e. The van der Waals surface area contributed by atoms with Crippen molar-refractivity contribution in [3.8, 4) is 0 Å². The van der Waals surface area contributed by atoms with Crippen molar-refractivity contribution in [3.63, 3.8) is 0 Å². The predicted molar refractivity (Wildman–Crippen MR) is 146 cm³/mol. The molecule has 2 aromatic rings. The van der Waals surface area contributed by atoms with Crippen molar-refractivity contribution < 1.29 is 35.9 Å². The smallest absolute Gasteiger partial charge is 0.243 e. The Bertz CT molecular complexity index is 1410. The summed E-state index contributed by atoms with van der Waals surface area (Å²) in [6.45, 7) is 2.57. The zero-order valence-corrected chi connectivity index (χ0v) is 24.3. The monoisotopic (exact) mass is 590 g/mol. The minimum absolute atomic E-state index is 0.00339. The Labute approximate surface area is 235 Å². The fourth-order valence-corrected chi connectivity index (χ4v) is 8.82. The number of carbonyl (C=O) groups excluding carboxylic acids is 2. The van der Waals surface area contributed by atoms with Crippen molar-refractivity contribution in [2.45, 2.75) is 35.5 Å². The molecule has 2 fully saturated rings. The SMILES string of the molecule is COCC1CCN(S(=O)(=O)c2ccc3c(c2)C(=O)c2ccc(S(=O)(=O)N4CCC(COC)CC4)cc2C3=O)CC1. The standard InChI is InChI=1S/C28H34N2O8S2/c1-37-17-19-7-11-29(12-8-19)39(33,34)21-3-5-23-25(15-21)27(31)24-6-4-22(16-26(24)28(23)32)40(35,36)30-13-9-20(10-14-30)18-38-2/h3-6,15-16,19-20H,7-14,17-18H2,1-2H3. The zero-order valence-electron chi connectivity index (χ0n) is 22.7. The molecular formula is C28H34N2O8S2. The third-order valence-electron chi connectivity index (χ3n) is 8.19. The Morgan fingerprint density at radius 2 is 0.975 bits per heavy atom. The summed E-state index contributed by atoms with van der Waals surface area (Å²) in [5, 5.41) is 0. The van der Waals surface area contributed by atoms with Crippen LogP contribution in [0.1, 0.15) is 57.5 Å². The van der Waals surface area contributed by atoms with Crippen LogP contribution >= 0.6 is 0 Å². The minimum atomic E-state index is -3.86. The van der Waals surface area contributed by atoms with Gasteiger partial charge in [-0.3, -0.25) is 9.59 Å². The van der Waals surface area contributed by atoms with E-state index in [2.05, 4.69) is 0 Å². The van der Waals surface area contributed by atoms with E-state index < -0.39 is 31.6 Å². The molecule has 0 saturated carbocycles. The van der Waals surface area contributed by atoms with E-state index in [9.17, 15) is 26.4 Å². The lowest BCUT2D eigenvalue weighted by molar-refractivity contribution is 0.0978. The van der Waals surface area contributed by atoms with Gasteiger partial charge < -0.3 is 9.47 Å². The maximum absolute atomic E-state index is 13.4. The Hall–Kier alpha value is -2.48. The van der Waals surface area contributed by atoms with Gasteiger partial charge in [0.05, 0.1) is 9.79 Å². The first-order valence-corrected chi connectivity index (χ1v) is 16.3. The molecule has 0 amide bonds. The number of methoxy groups -OCH3 is 2. The van der Waals surface area contributed by atoms with E-state index in [0.29, 0.717) is 76.9 Å². The fourth-order valence-electron chi connectivity index (χ4n) is 5.83. The average Bonchev–Trinajstić information content (AvgIpc) is 2.96. The minimum Gasteiger partial charge on any atom is -0.384 e. The molecule has 0 atom stereocenters. The van der Waals surface area contributed by atoms with E-state index in [1.807, 2.05) is 0 Å². The van der Waals surface area contributed by atoms with E-state index in [-0.39, 0.29) is 32.0 Å². The maximum atomic E-state index is 13.4. The molecule has 2 aromatic carbocycles. The van der Waals surface area contributed by atoms with Crippen LogP contribution in [0.2, 0.25) is 0 Å². The maximum Gasteiger partial charge on any atom is 0.243 e. The van der Waals surface area contributed by atoms with Gasteiger partial charge in [0, 0.05) is 75.9 Å². The molecule has 12 heteroatoms. The quantitative estimate of drug-likeness (QED) is 0.392. The number of ketones is 2. The lowest BCUT2D eigenvalue weighted by atomic mass is 9.84. The van der Waals surface area contributed by atoms with Gasteiger partial charge >= 0.3 is 0 Å². The van der Waals surface area contributed by atoms with E-state index in [1.165, 1.54) is 45.0 Å². The summed E-state index contributed by atoms with van der Waals surface area (Å²) in [4.78, 5) is 26.8. The van der Waals surface area contributed by atoms with Crippen molar-refractivity contribution in [3.05, 3.63) is 58.7 Å². The molecule has 216 valence electrons. The first-order valence-electron chi connectivity index (χ1n) is 13.4. The van der Waals surface area contributed by atoms with Gasteiger partial charge in [-0.15, -0.1) is 0 Å². The molecule has 1 aliphatic carbocycles. The molecule has 0 spiro atoms. The second kappa shape index (κ2) is 11.4. The molecule has 3 aliphatic rings. The highest BCUT2D eigenvalue weighted by Gasteiger charge is 2.36. The molecule has 40 heavy (non-hydrogen) atoms. The number of ether oxygens (including phenoxy) is 2. The van der Waals surface area contributed by atoms with Gasteiger partial charge in [0.2, 0.25) is 20.0 Å². The third-order valence-corrected chi connectivity index (χ3v) is 12.0. The summed E-state index contributed by atoms with van der Waals surface area (Å²) in [6.07, 6.45) is 2.72. The van der Waals surface area contributed by atoms with Crippen LogP contribution in [0.3, 0.4) is 0 Å². The molecule has 0 aromatic heterocycles. The Morgan fingerprint density at radius 3 is 1.30 bits per heavy atom. The Morgan fingerprint density at radius 1 is 0.625 bits per heavy atom. The second-order valence-electron chi connectivity index (χ2n) is 10.7. The van der Waals surface area contributed by atoms with E-state index in [0.717, 1.165) is 0 Å². The topological polar surface area (TPSA) is 127 Å². The van der Waals surface area contributed by atoms with Gasteiger partial charge in [-0.1, -0.05) is 0 Å². The van der Waals surface area contributed by atoms with Crippen molar-refractivity contribution in [1.82, 2.24) is 8.61 Å². The van der Waals surface area contributed by atoms with Crippen LogP contribution in [-0.2, 0) is 29.5 Å². The molecule has 0 unspecified atom stereocenters. The number of benzene rings is 2. The number of sulfonamides is 2. The lowest BCUT2D eigenvalue weighted by Crippen LogP contribution is -2.39. The third kappa shape index (κ3) is 5.28. The Balaban J connectivity index is 1.39. The van der Waals surface area contributed by atoms with E-state index in [4.69, 9.17) is 9.47 Å². The highest BCUT2D eigenvalue weighted by Crippen LogP contribution is 2.33. The van der Waals surface area contributed by atoms with Crippen molar-refractivity contribution in [2.75, 3.05) is 53.6 Å². The van der Waals surface area contributed by atoms with Gasteiger partial charge in [0.15, 0.2) is 11.6 Å². The number of hydrogen-bond donors (Lipinski definition) is 0. The van der Waals surface area contributed by atoms with E-state index >= 15 is 0 Å². The van der Waals surface area contributed by atoms with Gasteiger partial charge in [0.25, 0.3) is 0 Å². The number of nitrogens with zero attached hydrogens (tertiary/aromatic N) is 2. The van der Waals surface area contributed by atoms with E-state index in [1.54, 1.807) is 14.2 Å². The van der Waals surface area contributed by atoms with Gasteiger partial charge in [-0.05, 0) is 73.9 Å². The van der Waals surface area contributed by atoms with Crippen LogP contribution in [0, 0.1) is 11.8 Å². The summed E-state index contributed by atoms with van der Waals surface area (Å²) in [6, 6.07) is 7.93. The molecule has 2 saturated heterocycles. The summed E-state index contributed by atoms with van der Waals surface area (Å²) in [5.74, 6) is -0.423. The molecule has 0 bridgehead atoms. The highest BCUT2D eigenvalue weighted by molar-refractivity contribution is 7.89. The van der Waals surface area contributed by atoms with Crippen LogP contribution in [-0.4, -0.2) is 90.6 Å². The molecule has 0 radical (unpaired) electrons. The Kier molecular flexibility index (Phi) is 8.29. The number of rotatable bonds is 8. The number of piperidine rings is 2.